The van der Waals surface area contributed by atoms with Crippen molar-refractivity contribution >= 4 is 23.5 Å². The molecule has 3 amide bonds. The van der Waals surface area contributed by atoms with Crippen molar-refractivity contribution in [2.24, 2.45) is 47.2 Å². The molecule has 0 spiro atoms. The van der Waals surface area contributed by atoms with Gasteiger partial charge < -0.3 is 16.0 Å². The molecule has 6 aliphatic carbocycles. The predicted octanol–water partition coefficient (Wildman–Crippen LogP) is 2.09. The van der Waals surface area contributed by atoms with Crippen molar-refractivity contribution in [2.75, 3.05) is 6.54 Å². The maximum atomic E-state index is 13.6. The van der Waals surface area contributed by atoms with E-state index in [0.29, 0.717) is 30.0 Å². The Balaban J connectivity index is 1.09. The lowest BCUT2D eigenvalue weighted by Gasteiger charge is -3.07. The average molecular weight is 440 g/mol. The lowest BCUT2D eigenvalue weighted by Crippen LogP contribution is -3.11. The Morgan fingerprint density at radius 1 is 1.16 bits per heavy atom. The molecule has 0 saturated heterocycles. The zero-order valence-electron chi connectivity index (χ0n) is 16.4. The number of benzene rings is 1. The summed E-state index contributed by atoms with van der Waals surface area (Å²) in [6, 6.07) is 4.16. The van der Waals surface area contributed by atoms with E-state index in [9.17, 15) is 14.0 Å². The van der Waals surface area contributed by atoms with Crippen LogP contribution in [0.15, 0.2) is 18.2 Å². The molecule has 2 heterocycles. The van der Waals surface area contributed by atoms with E-state index in [4.69, 9.17) is 17.3 Å². The van der Waals surface area contributed by atoms with Gasteiger partial charge in [-0.05, 0) is 59.6 Å². The summed E-state index contributed by atoms with van der Waals surface area (Å²) in [4.78, 5) is 27.2. The number of urea groups is 1. The highest BCUT2D eigenvalue weighted by atomic mass is 35.5. The summed E-state index contributed by atoms with van der Waals surface area (Å²) < 4.78 is 15.3. The van der Waals surface area contributed by atoms with Crippen molar-refractivity contribution in [1.82, 2.24) is 20.0 Å². The monoisotopic (exact) mass is 439 g/mol. The van der Waals surface area contributed by atoms with Crippen LogP contribution >= 0.6 is 11.6 Å². The Hall–Kier alpha value is -2.61. The van der Waals surface area contributed by atoms with Gasteiger partial charge >= 0.3 is 6.03 Å². The average Bonchev–Trinajstić information content (AvgIpc) is 3.15. The molecular weight excluding hydrogens is 421 g/mol. The van der Waals surface area contributed by atoms with Crippen molar-refractivity contribution in [2.45, 2.75) is 18.6 Å². The van der Waals surface area contributed by atoms with Crippen LogP contribution in [0.25, 0.3) is 11.3 Å². The van der Waals surface area contributed by atoms with Crippen molar-refractivity contribution in [3.8, 4) is 11.3 Å². The van der Waals surface area contributed by atoms with Gasteiger partial charge in [0.2, 0.25) is 0 Å². The van der Waals surface area contributed by atoms with Gasteiger partial charge in [-0.3, -0.25) is 9.48 Å². The van der Waals surface area contributed by atoms with Crippen LogP contribution in [0.1, 0.15) is 16.1 Å². The van der Waals surface area contributed by atoms with Crippen LogP contribution in [-0.4, -0.2) is 38.7 Å². The highest BCUT2D eigenvalue weighted by molar-refractivity contribution is 6.31. The lowest BCUT2D eigenvalue weighted by molar-refractivity contribution is -0.577. The minimum absolute atomic E-state index is 0.0479. The van der Waals surface area contributed by atoms with E-state index < -0.39 is 11.7 Å². The number of carbonyl (C=O) groups is 2. The number of primary amides is 1. The summed E-state index contributed by atoms with van der Waals surface area (Å²) in [5, 5.41) is 7.89. The van der Waals surface area contributed by atoms with Gasteiger partial charge in [0.1, 0.15) is 11.5 Å². The van der Waals surface area contributed by atoms with Crippen LogP contribution in [0.2, 0.25) is 5.02 Å². The summed E-state index contributed by atoms with van der Waals surface area (Å²) in [5.41, 5.74) is 7.55. The number of amides is 3. The molecule has 7 aliphatic rings. The normalized spacial score (nSPS) is 41.0. The summed E-state index contributed by atoms with van der Waals surface area (Å²) in [7, 11) is 0. The Kier molecular flexibility index (Phi) is 2.69. The van der Waals surface area contributed by atoms with Crippen LogP contribution in [0, 0.1) is 47.2 Å². The number of hydrogen-bond donors (Lipinski definition) is 2. The van der Waals surface area contributed by atoms with Gasteiger partial charge in [-0.25, -0.2) is 9.18 Å². The molecule has 158 valence electrons. The van der Waals surface area contributed by atoms with Crippen molar-refractivity contribution in [3.63, 3.8) is 0 Å². The number of hydrogen-bond acceptors (Lipinski definition) is 3. The largest absolute Gasteiger partial charge is 0.365 e. The molecule has 6 saturated carbocycles. The minimum atomic E-state index is -0.625. The quantitative estimate of drug-likeness (QED) is 0.766. The highest BCUT2D eigenvalue weighted by Crippen LogP contribution is 3.02. The predicted molar refractivity (Wildman–Crippen MR) is 107 cm³/mol. The van der Waals surface area contributed by atoms with Gasteiger partial charge in [-0.1, -0.05) is 11.6 Å². The second-order valence-corrected chi connectivity index (χ2v) is 10.5. The Labute approximate surface area is 181 Å². The molecule has 1 aliphatic heterocycles. The summed E-state index contributed by atoms with van der Waals surface area (Å²) >= 11 is 5.93. The second kappa shape index (κ2) is 4.90. The molecule has 31 heavy (non-hydrogen) atoms. The van der Waals surface area contributed by atoms with E-state index in [2.05, 4.69) is 10.4 Å². The van der Waals surface area contributed by atoms with Gasteiger partial charge in [-0.15, -0.1) is 0 Å². The molecule has 9 rings (SSSR count). The fraction of sp³-hybridized carbons (Fsp3) is 0.500. The number of halogens is 2. The van der Waals surface area contributed by atoms with Crippen molar-refractivity contribution in [3.05, 3.63) is 40.3 Å². The van der Waals surface area contributed by atoms with Crippen LogP contribution in [-0.2, 0) is 13.1 Å². The molecule has 2 aromatic rings. The third-order valence-electron chi connectivity index (χ3n) is 9.51. The Morgan fingerprint density at radius 2 is 1.87 bits per heavy atom. The lowest BCUT2D eigenvalue weighted by atomic mass is 8.98. The SMILES string of the molecule is NC(=O)c1c(-c2ccc(F)c(Cl)c2)nn2c1CN(C(=O)NC13C4C5C6C4C1C6C53)CC2. The minimum Gasteiger partial charge on any atom is -0.365 e. The first-order valence-electron chi connectivity index (χ1n) is 10.9. The maximum absolute atomic E-state index is 13.6. The first-order valence-corrected chi connectivity index (χ1v) is 11.2. The molecule has 9 heteroatoms. The van der Waals surface area contributed by atoms with E-state index in [1.165, 1.54) is 18.2 Å². The smallest absolute Gasteiger partial charge is 0.318 e. The fourth-order valence-electron chi connectivity index (χ4n) is 8.54. The Bertz CT molecular complexity index is 1210. The third kappa shape index (κ3) is 1.56. The van der Waals surface area contributed by atoms with Crippen LogP contribution in [0.3, 0.4) is 0 Å². The molecule has 0 atom stereocenters. The second-order valence-electron chi connectivity index (χ2n) is 10.1. The Morgan fingerprint density at radius 3 is 2.52 bits per heavy atom. The molecule has 3 N–H and O–H groups in total. The number of aromatic nitrogens is 2. The van der Waals surface area contributed by atoms with Gasteiger partial charge in [0.15, 0.2) is 0 Å². The van der Waals surface area contributed by atoms with Crippen molar-refractivity contribution in [1.29, 1.82) is 0 Å². The van der Waals surface area contributed by atoms with E-state index in [0.717, 1.165) is 41.4 Å². The molecule has 0 bridgehead atoms. The molecule has 0 radical (unpaired) electrons. The highest BCUT2D eigenvalue weighted by Gasteiger charge is 3.04. The molecule has 1 aromatic heterocycles. The first kappa shape index (κ1) is 17.0. The van der Waals surface area contributed by atoms with E-state index in [1.807, 2.05) is 0 Å². The summed E-state index contributed by atoms with van der Waals surface area (Å²) in [6.45, 7) is 1.25. The number of nitrogens with one attached hydrogen (secondary N) is 1. The number of fused-ring (bicyclic) bond motifs is 1. The molecule has 6 fully saturated rings. The zero-order valence-corrected chi connectivity index (χ0v) is 17.1. The number of nitrogens with zero attached hydrogens (tertiary/aromatic N) is 3. The van der Waals surface area contributed by atoms with Crippen LogP contribution < -0.4 is 11.1 Å². The number of carbonyl (C=O) groups excluding carboxylic acids is 2. The molecule has 0 unspecified atom stereocenters. The van der Waals surface area contributed by atoms with Crippen LogP contribution in [0.4, 0.5) is 9.18 Å². The fourth-order valence-corrected chi connectivity index (χ4v) is 8.72. The third-order valence-corrected chi connectivity index (χ3v) is 9.80. The molecule has 7 nitrogen and oxygen atoms in total. The number of rotatable bonds is 3. The molecular formula is C22H19ClFN5O2. The van der Waals surface area contributed by atoms with Gasteiger partial charge in [0.05, 0.1) is 34.9 Å². The zero-order chi connectivity index (χ0) is 21.0. The topological polar surface area (TPSA) is 93.2 Å². The summed E-state index contributed by atoms with van der Waals surface area (Å²) in [6.07, 6.45) is 0. The molecule has 1 aromatic carbocycles. The number of nitrogens with two attached hydrogens (primary N) is 1. The van der Waals surface area contributed by atoms with Gasteiger partial charge in [0, 0.05) is 12.1 Å². The van der Waals surface area contributed by atoms with Crippen molar-refractivity contribution < 1.29 is 14.0 Å². The summed E-state index contributed by atoms with van der Waals surface area (Å²) in [5.74, 6) is 4.71. The van der Waals surface area contributed by atoms with Crippen LogP contribution in [0.5, 0.6) is 0 Å². The maximum Gasteiger partial charge on any atom is 0.318 e. The van der Waals surface area contributed by atoms with E-state index in [-0.39, 0.29) is 28.7 Å². The standard InChI is InChI=1S/C22H19ClFN5O2/c23-8-5-7(1-2-9(8)24)19-11(20(25)30)10-6-28(3-4-29(10)27-19)21(31)26-22-16-13-12-14(16)18(22)15(12)17(13)22/h1-2,5,12-18H,3-4,6H2,(H2,25,30)(H,26,31). The van der Waals surface area contributed by atoms with E-state index in [1.54, 1.807) is 9.58 Å². The van der Waals surface area contributed by atoms with Gasteiger partial charge in [-0.2, -0.15) is 5.10 Å². The van der Waals surface area contributed by atoms with E-state index >= 15 is 0 Å². The first-order chi connectivity index (χ1) is 14.9. The van der Waals surface area contributed by atoms with Gasteiger partial charge in [0.25, 0.3) is 5.91 Å².